The zero-order valence-corrected chi connectivity index (χ0v) is 19.9. The van der Waals surface area contributed by atoms with Gasteiger partial charge in [0.25, 0.3) is 0 Å². The number of halogens is 1. The van der Waals surface area contributed by atoms with E-state index < -0.39 is 11.4 Å². The molecule has 1 aliphatic rings. The quantitative estimate of drug-likeness (QED) is 0.362. The number of carbonyl (C=O) groups excluding carboxylic acids is 1. The van der Waals surface area contributed by atoms with E-state index in [9.17, 15) is 14.3 Å². The fourth-order valence-electron chi connectivity index (χ4n) is 4.74. The summed E-state index contributed by atoms with van der Waals surface area (Å²) in [4.78, 5) is 18.3. The molecule has 0 atom stereocenters. The lowest BCUT2D eigenvalue weighted by molar-refractivity contribution is 0.0786. The molecule has 2 aromatic carbocycles. The maximum Gasteiger partial charge on any atom is 0.186 e. The van der Waals surface area contributed by atoms with Gasteiger partial charge in [-0.2, -0.15) is 5.26 Å². The van der Waals surface area contributed by atoms with Gasteiger partial charge in [-0.05, 0) is 69.5 Å². The molecule has 1 aromatic heterocycles. The lowest BCUT2D eigenvalue weighted by Crippen LogP contribution is -2.16. The highest BCUT2D eigenvalue weighted by molar-refractivity contribution is 5.98. The first kappa shape index (κ1) is 23.8. The molecule has 176 valence electrons. The molecular formula is C28H30FN3O2. The van der Waals surface area contributed by atoms with Gasteiger partial charge in [-0.25, -0.2) is 9.37 Å². The Morgan fingerprint density at radius 1 is 1.12 bits per heavy atom. The number of Topliss-reactive ketones (excluding diaryl/α,β-unsaturated/α-hetero) is 1. The van der Waals surface area contributed by atoms with E-state index in [0.29, 0.717) is 22.8 Å². The van der Waals surface area contributed by atoms with Crippen LogP contribution < -0.4 is 0 Å². The molecule has 1 N–H and O–H groups in total. The lowest BCUT2D eigenvalue weighted by Gasteiger charge is -2.19. The molecular weight excluding hydrogens is 429 g/mol. The Balaban J connectivity index is 1.85. The highest BCUT2D eigenvalue weighted by atomic mass is 19.1. The van der Waals surface area contributed by atoms with E-state index in [-0.39, 0.29) is 17.3 Å². The molecule has 4 rings (SSSR count). The molecule has 1 saturated carbocycles. The predicted octanol–water partition coefficient (Wildman–Crippen LogP) is 6.24. The number of hydrogen-bond donors (Lipinski definition) is 1. The van der Waals surface area contributed by atoms with Crippen LogP contribution in [0.4, 0.5) is 4.39 Å². The minimum absolute atomic E-state index is 0.0390. The van der Waals surface area contributed by atoms with Gasteiger partial charge in [0.05, 0.1) is 16.9 Å². The molecule has 0 aliphatic heterocycles. The third-order valence-electron chi connectivity index (χ3n) is 6.75. The second kappa shape index (κ2) is 9.52. The average Bonchev–Trinajstić information content (AvgIpc) is 2.97. The van der Waals surface area contributed by atoms with Crippen LogP contribution in [0.1, 0.15) is 79.7 Å². The second-order valence-corrected chi connectivity index (χ2v) is 9.67. The smallest absolute Gasteiger partial charge is 0.186 e. The number of aromatic nitrogens is 2. The van der Waals surface area contributed by atoms with Crippen molar-refractivity contribution in [3.8, 4) is 23.1 Å². The number of carbonyl (C=O) groups is 1. The highest BCUT2D eigenvalue weighted by Gasteiger charge is 2.28. The van der Waals surface area contributed by atoms with Crippen LogP contribution in [0.3, 0.4) is 0 Å². The second-order valence-electron chi connectivity index (χ2n) is 9.67. The third-order valence-corrected chi connectivity index (χ3v) is 6.75. The molecule has 1 heterocycles. The van der Waals surface area contributed by atoms with Crippen LogP contribution in [-0.4, -0.2) is 20.4 Å². The summed E-state index contributed by atoms with van der Waals surface area (Å²) in [6.07, 6.45) is 6.13. The minimum atomic E-state index is -0.984. The summed E-state index contributed by atoms with van der Waals surface area (Å²) < 4.78 is 16.4. The SMILES string of the molecule is Cc1c(C(=O)C2CCCCCC2)nc(-c2ccc(C#N)c(F)c2)n1-c1ccc(C(C)(C)O)cc1. The number of imidazole rings is 1. The van der Waals surface area contributed by atoms with Gasteiger partial charge in [0, 0.05) is 17.2 Å². The van der Waals surface area contributed by atoms with Crippen molar-refractivity contribution in [1.29, 1.82) is 5.26 Å². The van der Waals surface area contributed by atoms with E-state index in [2.05, 4.69) is 0 Å². The van der Waals surface area contributed by atoms with Crippen LogP contribution in [0.25, 0.3) is 17.1 Å². The van der Waals surface area contributed by atoms with Crippen molar-refractivity contribution in [1.82, 2.24) is 9.55 Å². The van der Waals surface area contributed by atoms with Crippen molar-refractivity contribution < 1.29 is 14.3 Å². The first-order valence-electron chi connectivity index (χ1n) is 11.9. The number of rotatable bonds is 5. The molecule has 34 heavy (non-hydrogen) atoms. The molecule has 0 bridgehead atoms. The number of aliphatic hydroxyl groups is 1. The summed E-state index contributed by atoms with van der Waals surface area (Å²) >= 11 is 0. The van der Waals surface area contributed by atoms with E-state index in [1.165, 1.54) is 12.1 Å². The number of ketones is 1. The number of benzene rings is 2. The van der Waals surface area contributed by atoms with Gasteiger partial charge in [-0.15, -0.1) is 0 Å². The summed E-state index contributed by atoms with van der Waals surface area (Å²) in [5.74, 6) is -0.176. The molecule has 5 nitrogen and oxygen atoms in total. The van der Waals surface area contributed by atoms with Gasteiger partial charge in [0.15, 0.2) is 5.78 Å². The summed E-state index contributed by atoms with van der Waals surface area (Å²) in [6.45, 7) is 5.31. The fraction of sp³-hybridized carbons (Fsp3) is 0.393. The van der Waals surface area contributed by atoms with Crippen LogP contribution >= 0.6 is 0 Å². The Labute approximate surface area is 199 Å². The average molecular weight is 460 g/mol. The molecule has 3 aromatic rings. The zero-order chi connectivity index (χ0) is 24.5. The van der Waals surface area contributed by atoms with E-state index in [1.54, 1.807) is 19.9 Å². The van der Waals surface area contributed by atoms with Gasteiger partial charge < -0.3 is 5.11 Å². The topological polar surface area (TPSA) is 78.9 Å². The maximum absolute atomic E-state index is 14.5. The zero-order valence-electron chi connectivity index (χ0n) is 19.9. The number of nitrogens with zero attached hydrogens (tertiary/aromatic N) is 3. The molecule has 6 heteroatoms. The molecule has 1 aliphatic carbocycles. The summed E-state index contributed by atoms with van der Waals surface area (Å²) in [6, 6.07) is 13.6. The summed E-state index contributed by atoms with van der Waals surface area (Å²) in [5.41, 5.74) is 2.10. The van der Waals surface area contributed by atoms with Gasteiger partial charge in [-0.1, -0.05) is 37.8 Å². The Kier molecular flexibility index (Phi) is 6.67. The van der Waals surface area contributed by atoms with E-state index in [0.717, 1.165) is 49.8 Å². The van der Waals surface area contributed by atoms with E-state index in [4.69, 9.17) is 10.2 Å². The maximum atomic E-state index is 14.5. The fourth-order valence-corrected chi connectivity index (χ4v) is 4.74. The van der Waals surface area contributed by atoms with Crippen LogP contribution in [0.5, 0.6) is 0 Å². The van der Waals surface area contributed by atoms with Gasteiger partial charge in [-0.3, -0.25) is 9.36 Å². The van der Waals surface area contributed by atoms with Crippen LogP contribution in [0, 0.1) is 30.0 Å². The Bertz CT molecular complexity index is 1240. The van der Waals surface area contributed by atoms with Crippen LogP contribution in [0.15, 0.2) is 42.5 Å². The Morgan fingerprint density at radius 2 is 1.76 bits per heavy atom. The van der Waals surface area contributed by atoms with Crippen molar-refractivity contribution in [2.45, 2.75) is 64.9 Å². The van der Waals surface area contributed by atoms with Gasteiger partial charge in [0.1, 0.15) is 23.4 Å². The Morgan fingerprint density at radius 3 is 2.32 bits per heavy atom. The molecule has 0 amide bonds. The van der Waals surface area contributed by atoms with Crippen molar-refractivity contribution in [2.75, 3.05) is 0 Å². The minimum Gasteiger partial charge on any atom is -0.386 e. The molecule has 0 saturated heterocycles. The predicted molar refractivity (Wildman–Crippen MR) is 129 cm³/mol. The summed E-state index contributed by atoms with van der Waals surface area (Å²) in [7, 11) is 0. The standard InChI is InChI=1S/C28H30FN3O2/c1-18-25(26(33)19-8-6-4-5-7-9-19)31-27(20-10-11-21(17-30)24(29)16-20)32(18)23-14-12-22(13-15-23)28(2,3)34/h10-16,19,34H,4-9H2,1-3H3. The highest BCUT2D eigenvalue weighted by Crippen LogP contribution is 2.32. The monoisotopic (exact) mass is 459 g/mol. The number of nitriles is 1. The largest absolute Gasteiger partial charge is 0.386 e. The van der Waals surface area contributed by atoms with Crippen molar-refractivity contribution >= 4 is 5.78 Å². The molecule has 0 unspecified atom stereocenters. The van der Waals surface area contributed by atoms with Crippen molar-refractivity contribution in [2.24, 2.45) is 5.92 Å². The van der Waals surface area contributed by atoms with E-state index in [1.807, 2.05) is 41.8 Å². The van der Waals surface area contributed by atoms with Gasteiger partial charge >= 0.3 is 0 Å². The summed E-state index contributed by atoms with van der Waals surface area (Å²) in [5, 5.41) is 19.4. The Hall–Kier alpha value is -3.30. The normalized spacial score (nSPS) is 15.1. The first-order chi connectivity index (χ1) is 16.2. The van der Waals surface area contributed by atoms with Crippen molar-refractivity contribution in [3.05, 3.63) is 70.8 Å². The third kappa shape index (κ3) is 4.67. The number of hydrogen-bond acceptors (Lipinski definition) is 4. The molecule has 1 fully saturated rings. The molecule has 0 spiro atoms. The van der Waals surface area contributed by atoms with Crippen LogP contribution in [0.2, 0.25) is 0 Å². The van der Waals surface area contributed by atoms with Gasteiger partial charge in [0.2, 0.25) is 0 Å². The first-order valence-corrected chi connectivity index (χ1v) is 11.9. The molecule has 0 radical (unpaired) electrons. The van der Waals surface area contributed by atoms with Crippen molar-refractivity contribution in [3.63, 3.8) is 0 Å². The van der Waals surface area contributed by atoms with E-state index >= 15 is 0 Å². The van der Waals surface area contributed by atoms with Crippen LogP contribution in [-0.2, 0) is 5.60 Å². The lowest BCUT2D eigenvalue weighted by atomic mass is 9.93.